The minimum atomic E-state index is -1.56. The summed E-state index contributed by atoms with van der Waals surface area (Å²) in [6.45, 7) is 36.1. The Balaban J connectivity index is 7.10. The summed E-state index contributed by atoms with van der Waals surface area (Å²) in [6.07, 6.45) is 1.55. The van der Waals surface area contributed by atoms with Crippen molar-refractivity contribution in [3.8, 4) is 0 Å². The molecular formula is C73H128N8O17. The number of carbonyl (C=O) groups is 13. The molecule has 0 rings (SSSR count). The molecule has 0 saturated carbocycles. The number of aliphatic carboxylic acids is 1. The van der Waals surface area contributed by atoms with Crippen LogP contribution in [0.3, 0.4) is 0 Å². The third kappa shape index (κ3) is 27.4. The van der Waals surface area contributed by atoms with Crippen LogP contribution < -0.4 is 5.32 Å². The largest absolute Gasteiger partial charge is 0.480 e. The molecule has 8 amide bonds. The number of ether oxygens (including phenoxy) is 3. The number of rotatable bonds is 42. The summed E-state index contributed by atoms with van der Waals surface area (Å²) in [5, 5.41) is 12.4. The molecule has 0 unspecified atom stereocenters. The fourth-order valence-corrected chi connectivity index (χ4v) is 12.4. The lowest BCUT2D eigenvalue weighted by Crippen LogP contribution is -2.63. The van der Waals surface area contributed by atoms with Crippen molar-refractivity contribution in [2.75, 3.05) is 63.1 Å². The van der Waals surface area contributed by atoms with Gasteiger partial charge in [-0.15, -0.1) is 0 Å². The predicted octanol–water partition coefficient (Wildman–Crippen LogP) is 8.22. The topological polar surface area (TPSA) is 305 Å². The Hall–Kier alpha value is -6.79. The molecule has 0 aromatic rings. The fraction of sp³-hybridized carbons (Fsp3) is 0.795. The number of hydrogen-bond acceptors (Lipinski definition) is 16. The van der Waals surface area contributed by atoms with Crippen LogP contribution in [0.5, 0.6) is 0 Å². The maximum atomic E-state index is 15.2. The molecule has 562 valence electrons. The van der Waals surface area contributed by atoms with E-state index in [0.717, 1.165) is 16.7 Å². The molecule has 0 radical (unpaired) electrons. The van der Waals surface area contributed by atoms with Crippen LogP contribution in [-0.4, -0.2) is 239 Å². The molecule has 0 bridgehead atoms. The summed E-state index contributed by atoms with van der Waals surface area (Å²) in [6, 6.07) is -9.59. The third-order valence-corrected chi connectivity index (χ3v) is 18.3. The second-order valence-corrected chi connectivity index (χ2v) is 30.2. The molecule has 0 heterocycles. The van der Waals surface area contributed by atoms with Crippen molar-refractivity contribution in [3.63, 3.8) is 0 Å². The summed E-state index contributed by atoms with van der Waals surface area (Å²) >= 11 is 0. The lowest BCUT2D eigenvalue weighted by Gasteiger charge is -2.42. The molecule has 0 aliphatic carbocycles. The average molecular weight is 1390 g/mol. The first-order valence-electron chi connectivity index (χ1n) is 35.0. The van der Waals surface area contributed by atoms with Gasteiger partial charge in [0.15, 0.2) is 11.6 Å². The van der Waals surface area contributed by atoms with Gasteiger partial charge < -0.3 is 54.0 Å². The van der Waals surface area contributed by atoms with Crippen LogP contribution in [0.25, 0.3) is 0 Å². The lowest BCUT2D eigenvalue weighted by atomic mass is 9.83. The number of ketones is 3. The smallest absolute Gasteiger partial charge is 0.410 e. The number of carboxylic acid groups (broad SMARTS) is 1. The second kappa shape index (κ2) is 41.7. The van der Waals surface area contributed by atoms with Gasteiger partial charge in [-0.25, -0.2) is 9.59 Å². The average Bonchev–Trinajstić information content (AvgIpc) is 0.803. The molecule has 0 aromatic carbocycles. The van der Waals surface area contributed by atoms with E-state index >= 15 is 14.4 Å². The zero-order valence-corrected chi connectivity index (χ0v) is 65.1. The van der Waals surface area contributed by atoms with Gasteiger partial charge in [0.1, 0.15) is 53.7 Å². The molecule has 0 aromatic heterocycles. The van der Waals surface area contributed by atoms with Crippen molar-refractivity contribution < 1.29 is 81.6 Å². The Labute approximate surface area is 586 Å². The van der Waals surface area contributed by atoms with E-state index in [2.05, 4.69) is 5.32 Å². The highest BCUT2D eigenvalue weighted by Gasteiger charge is 2.47. The van der Waals surface area contributed by atoms with E-state index in [4.69, 9.17) is 14.2 Å². The van der Waals surface area contributed by atoms with E-state index in [1.165, 1.54) is 87.9 Å². The molecule has 25 heteroatoms. The first-order valence-corrected chi connectivity index (χ1v) is 35.0. The van der Waals surface area contributed by atoms with Crippen LogP contribution in [0.4, 0.5) is 4.79 Å². The maximum Gasteiger partial charge on any atom is 0.410 e. The molecule has 14 atom stereocenters. The number of hydrogen-bond donors (Lipinski definition) is 2. The fourth-order valence-electron chi connectivity index (χ4n) is 12.4. The molecule has 2 N–H and O–H groups in total. The number of allylic oxidation sites excluding steroid dienone is 2. The zero-order valence-electron chi connectivity index (χ0n) is 65.1. The lowest BCUT2D eigenvalue weighted by molar-refractivity contribution is -0.164. The van der Waals surface area contributed by atoms with E-state index in [1.807, 2.05) is 41.5 Å². The van der Waals surface area contributed by atoms with Crippen LogP contribution in [-0.2, 0) is 71.7 Å². The van der Waals surface area contributed by atoms with E-state index in [-0.39, 0.29) is 69.3 Å². The van der Waals surface area contributed by atoms with Crippen molar-refractivity contribution in [2.45, 2.75) is 257 Å². The number of methoxy groups -OCH3 is 1. The second-order valence-electron chi connectivity index (χ2n) is 30.2. The number of nitrogens with one attached hydrogen (secondary N) is 1. The van der Waals surface area contributed by atoms with Gasteiger partial charge >= 0.3 is 18.0 Å². The van der Waals surface area contributed by atoms with Crippen LogP contribution in [0.2, 0.25) is 0 Å². The first kappa shape index (κ1) is 91.2. The summed E-state index contributed by atoms with van der Waals surface area (Å²) in [7, 11) is 11.6. The van der Waals surface area contributed by atoms with Crippen molar-refractivity contribution in [1.29, 1.82) is 0 Å². The summed E-state index contributed by atoms with van der Waals surface area (Å²) in [5.74, 6) is -13.0. The molecule has 0 spiro atoms. The molecule has 25 nitrogen and oxygen atoms in total. The van der Waals surface area contributed by atoms with Crippen molar-refractivity contribution >= 4 is 76.7 Å². The van der Waals surface area contributed by atoms with E-state index in [0.29, 0.717) is 6.42 Å². The number of carboxylic acids is 1. The zero-order chi connectivity index (χ0) is 76.6. The number of carbonyl (C=O) groups excluding carboxylic acids is 12. The van der Waals surface area contributed by atoms with Crippen molar-refractivity contribution in [3.05, 3.63) is 12.2 Å². The van der Waals surface area contributed by atoms with Crippen LogP contribution in [0, 0.1) is 59.2 Å². The Morgan fingerprint density at radius 3 is 1.38 bits per heavy atom. The van der Waals surface area contributed by atoms with Crippen LogP contribution >= 0.6 is 0 Å². The highest BCUT2D eigenvalue weighted by Crippen LogP contribution is 2.30. The highest BCUT2D eigenvalue weighted by atomic mass is 16.6. The first-order chi connectivity index (χ1) is 45.0. The van der Waals surface area contributed by atoms with Crippen LogP contribution in [0.15, 0.2) is 12.2 Å². The van der Waals surface area contributed by atoms with Gasteiger partial charge in [-0.05, 0) is 102 Å². The van der Waals surface area contributed by atoms with Gasteiger partial charge in [0.2, 0.25) is 41.4 Å². The highest BCUT2D eigenvalue weighted by molar-refractivity contribution is 5.99. The summed E-state index contributed by atoms with van der Waals surface area (Å²) < 4.78 is 16.7. The number of nitrogens with zero attached hydrogens (tertiary/aromatic N) is 7. The maximum absolute atomic E-state index is 15.2. The van der Waals surface area contributed by atoms with E-state index in [9.17, 15) is 53.1 Å². The minimum Gasteiger partial charge on any atom is -0.480 e. The quantitative estimate of drug-likeness (QED) is 0.0429. The Bertz CT molecular complexity index is 2720. The van der Waals surface area contributed by atoms with Gasteiger partial charge in [-0.3, -0.25) is 57.6 Å². The monoisotopic (exact) mass is 1390 g/mol. The van der Waals surface area contributed by atoms with Crippen LogP contribution in [0.1, 0.15) is 197 Å². The predicted molar refractivity (Wildman–Crippen MR) is 377 cm³/mol. The Morgan fingerprint density at radius 2 is 0.949 bits per heavy atom. The van der Waals surface area contributed by atoms with Crippen molar-refractivity contribution in [1.82, 2.24) is 39.6 Å². The minimum absolute atomic E-state index is 0.00192. The summed E-state index contributed by atoms with van der Waals surface area (Å²) in [4.78, 5) is 193. The van der Waals surface area contributed by atoms with Crippen molar-refractivity contribution in [2.24, 2.45) is 59.2 Å². The molecule has 98 heavy (non-hydrogen) atoms. The third-order valence-electron chi connectivity index (χ3n) is 18.3. The van der Waals surface area contributed by atoms with Gasteiger partial charge in [-0.1, -0.05) is 116 Å². The number of Topliss-reactive ketones (excluding diaryl/α,β-unsaturated/α-hetero) is 3. The normalized spacial score (nSPS) is 16.2. The number of likely N-dealkylation sites (N-methyl/N-ethyl adjacent to an activating group) is 7. The van der Waals surface area contributed by atoms with Gasteiger partial charge in [0.05, 0.1) is 18.7 Å². The molecule has 0 saturated heterocycles. The Morgan fingerprint density at radius 1 is 0.500 bits per heavy atom. The number of amides is 8. The number of esters is 1. The van der Waals surface area contributed by atoms with Gasteiger partial charge in [0, 0.05) is 106 Å². The molecule has 0 aliphatic rings. The molecule has 0 aliphatic heterocycles. The van der Waals surface area contributed by atoms with Gasteiger partial charge in [-0.2, -0.15) is 0 Å². The van der Waals surface area contributed by atoms with E-state index < -0.39 is 178 Å². The van der Waals surface area contributed by atoms with E-state index in [1.54, 1.807) is 102 Å². The standard InChI is InChI=1S/C73H128N8O17/c1-30-32-33-46(13)63(97-51(18)82)62(64(86)74-53(31-2)71(93)94)81(28)70(92)60(45(11)12)79(26)69(91)56(36-43(7)8)78(25)68(90)55(35-42(5)6)77(24)65(87)48(15)38-57(83)47(14)37-58(84)54(34-41(3)4)76(23)67(89)52(44(9)10)39-59(85)61(49(16)40-96-29)80(27)66(88)50(17)75(22)72(95)98-73(19,20)21/h30,32,41-50,52-56,60-63H,31,33-40H2,1-29H3,(H,74,86)(H,93,94)/b32-30+/t46-,47-,48+,49-,50-,52+,53+,54+,55+,56+,60+,61+,62+,63-/m1/s1. The van der Waals surface area contributed by atoms with Gasteiger partial charge in [0.25, 0.3) is 0 Å². The Kier molecular flexibility index (Phi) is 38.8. The SMILES string of the molecule is C/C=C/C[C@@H](C)[C@@H](OC(C)=O)[C@@H](C(=O)N[C@@H](CC)C(=O)O)N(C)C(=O)[C@H](C(C)C)N(C)C(=O)[C@H](CC(C)C)N(C)C(=O)[C@H](CC(C)C)N(C)C(=O)[C@@H](C)CC(=O)[C@H](C)CC(=O)[C@H](CC(C)C)N(C)C(=O)[C@@H](CC(=O)[C@H]([C@H](C)COC)N(C)C(=O)[C@@H](C)N(C)C(=O)OC(C)(C)C)C(C)C. The molecule has 0 fully saturated rings. The summed E-state index contributed by atoms with van der Waals surface area (Å²) in [5.41, 5.74) is -0.827. The molecular weight excluding hydrogens is 1260 g/mol.